The summed E-state index contributed by atoms with van der Waals surface area (Å²) < 4.78 is 1.20. The van der Waals surface area contributed by atoms with Crippen LogP contribution in [0.4, 0.5) is 5.69 Å². The molecule has 1 unspecified atom stereocenters. The van der Waals surface area contributed by atoms with E-state index in [9.17, 15) is 4.79 Å². The van der Waals surface area contributed by atoms with Crippen LogP contribution in [0.25, 0.3) is 0 Å². The third kappa shape index (κ3) is 3.12. The first kappa shape index (κ1) is 16.0. The Morgan fingerprint density at radius 2 is 2.10 bits per heavy atom. The molecule has 0 aromatic heterocycles. The zero-order valence-corrected chi connectivity index (χ0v) is 14.5. The fourth-order valence-corrected chi connectivity index (χ4v) is 3.61. The van der Waals surface area contributed by atoms with Crippen molar-refractivity contribution in [2.24, 2.45) is 11.3 Å². The Morgan fingerprint density at radius 1 is 1.40 bits per heavy atom. The van der Waals surface area contributed by atoms with Crippen molar-refractivity contribution in [3.05, 3.63) is 27.3 Å². The Bertz CT molecular complexity index is 515. The summed E-state index contributed by atoms with van der Waals surface area (Å²) in [6, 6.07) is 6.10. The summed E-state index contributed by atoms with van der Waals surface area (Å²) in [6.07, 6.45) is 3.37. The van der Waals surface area contributed by atoms with E-state index in [1.807, 2.05) is 12.1 Å². The summed E-state index contributed by atoms with van der Waals surface area (Å²) in [4.78, 5) is 12.3. The van der Waals surface area contributed by atoms with Gasteiger partial charge in [0, 0.05) is 15.2 Å². The Labute approximate surface area is 139 Å². The van der Waals surface area contributed by atoms with Crippen LogP contribution >= 0.6 is 35.0 Å². The van der Waals surface area contributed by atoms with Gasteiger partial charge in [-0.15, -0.1) is 12.4 Å². The first-order valence-corrected chi connectivity index (χ1v) is 7.96. The number of anilines is 1. The van der Waals surface area contributed by atoms with Gasteiger partial charge in [-0.05, 0) is 85.0 Å². The number of benzene rings is 1. The van der Waals surface area contributed by atoms with Crippen molar-refractivity contribution in [2.75, 3.05) is 18.4 Å². The smallest absolute Gasteiger partial charge is 0.228 e. The fourth-order valence-electron chi connectivity index (χ4n) is 3.10. The minimum absolute atomic E-state index is 0. The first-order valence-electron chi connectivity index (χ1n) is 6.88. The molecule has 20 heavy (non-hydrogen) atoms. The van der Waals surface area contributed by atoms with Gasteiger partial charge in [-0.2, -0.15) is 0 Å². The Balaban J connectivity index is 0.00000147. The summed E-state index contributed by atoms with van der Waals surface area (Å²) >= 11 is 2.31. The molecule has 1 saturated carbocycles. The van der Waals surface area contributed by atoms with E-state index in [-0.39, 0.29) is 24.2 Å². The van der Waals surface area contributed by atoms with E-state index in [2.05, 4.69) is 46.2 Å². The van der Waals surface area contributed by atoms with Gasteiger partial charge in [0.15, 0.2) is 0 Å². The SMILES string of the molecule is Cc1ccc(NC(=O)C2CC23CCNCC3)cc1I.Cl. The van der Waals surface area contributed by atoms with Crippen LogP contribution in [0, 0.1) is 21.8 Å². The molecule has 1 heterocycles. The second-order valence-corrected chi connectivity index (χ2v) is 6.98. The molecule has 0 radical (unpaired) electrons. The molecule has 3 rings (SSSR count). The molecule has 1 amide bonds. The van der Waals surface area contributed by atoms with Crippen LogP contribution in [-0.4, -0.2) is 19.0 Å². The van der Waals surface area contributed by atoms with Gasteiger partial charge in [0.2, 0.25) is 5.91 Å². The lowest BCUT2D eigenvalue weighted by molar-refractivity contribution is -0.118. The molecular weight excluding hydrogens is 387 g/mol. The minimum Gasteiger partial charge on any atom is -0.326 e. The van der Waals surface area contributed by atoms with Crippen molar-refractivity contribution in [2.45, 2.75) is 26.2 Å². The van der Waals surface area contributed by atoms with E-state index >= 15 is 0 Å². The Kier molecular flexibility index (Phi) is 4.97. The van der Waals surface area contributed by atoms with E-state index in [1.165, 1.54) is 9.13 Å². The van der Waals surface area contributed by atoms with E-state index in [0.717, 1.165) is 38.0 Å². The maximum atomic E-state index is 12.3. The number of halogens is 2. The summed E-state index contributed by atoms with van der Waals surface area (Å²) in [5.41, 5.74) is 2.49. The maximum Gasteiger partial charge on any atom is 0.228 e. The number of carbonyl (C=O) groups excluding carboxylic acids is 1. The molecule has 110 valence electrons. The third-order valence-corrected chi connectivity index (χ3v) is 5.71. The summed E-state index contributed by atoms with van der Waals surface area (Å²) in [6.45, 7) is 4.21. The van der Waals surface area contributed by atoms with Crippen LogP contribution in [0.1, 0.15) is 24.8 Å². The summed E-state index contributed by atoms with van der Waals surface area (Å²) in [7, 11) is 0. The van der Waals surface area contributed by atoms with Crippen LogP contribution in [0.2, 0.25) is 0 Å². The summed E-state index contributed by atoms with van der Waals surface area (Å²) in [5, 5.41) is 6.45. The van der Waals surface area contributed by atoms with Crippen molar-refractivity contribution in [3.63, 3.8) is 0 Å². The predicted octanol–water partition coefficient (Wildman–Crippen LogP) is 3.35. The van der Waals surface area contributed by atoms with Crippen molar-refractivity contribution < 1.29 is 4.79 Å². The number of piperidine rings is 1. The maximum absolute atomic E-state index is 12.3. The molecule has 1 aliphatic heterocycles. The lowest BCUT2D eigenvalue weighted by Crippen LogP contribution is -2.31. The average molecular weight is 407 g/mol. The molecule has 1 aromatic carbocycles. The number of amides is 1. The van der Waals surface area contributed by atoms with Gasteiger partial charge in [0.1, 0.15) is 0 Å². The van der Waals surface area contributed by atoms with Gasteiger partial charge in [0.05, 0.1) is 0 Å². The monoisotopic (exact) mass is 406 g/mol. The molecule has 2 N–H and O–H groups in total. The van der Waals surface area contributed by atoms with Crippen LogP contribution in [-0.2, 0) is 4.79 Å². The van der Waals surface area contributed by atoms with E-state index < -0.39 is 0 Å². The standard InChI is InChI=1S/C15H19IN2O.ClH/c1-10-2-3-11(8-13(10)16)18-14(19)12-9-15(12)4-6-17-7-5-15;/h2-3,8,12,17H,4-7,9H2,1H3,(H,18,19);1H. The zero-order chi connectivity index (χ0) is 13.5. The van der Waals surface area contributed by atoms with Crippen molar-refractivity contribution in [3.8, 4) is 0 Å². The number of nitrogens with one attached hydrogen (secondary N) is 2. The van der Waals surface area contributed by atoms with E-state index in [1.54, 1.807) is 0 Å². The van der Waals surface area contributed by atoms with Gasteiger partial charge in [-0.25, -0.2) is 0 Å². The second kappa shape index (κ2) is 6.20. The molecule has 1 aromatic rings. The van der Waals surface area contributed by atoms with Crippen molar-refractivity contribution >= 4 is 46.6 Å². The number of carbonyl (C=O) groups is 1. The molecule has 1 aliphatic carbocycles. The topological polar surface area (TPSA) is 41.1 Å². The van der Waals surface area contributed by atoms with Crippen LogP contribution in [0.3, 0.4) is 0 Å². The molecular formula is C15H20ClIN2O. The molecule has 1 saturated heterocycles. The fraction of sp³-hybridized carbons (Fsp3) is 0.533. The average Bonchev–Trinajstić information content (AvgIpc) is 3.08. The predicted molar refractivity (Wildman–Crippen MR) is 92.4 cm³/mol. The number of rotatable bonds is 2. The van der Waals surface area contributed by atoms with Crippen LogP contribution in [0.15, 0.2) is 18.2 Å². The van der Waals surface area contributed by atoms with E-state index in [0.29, 0.717) is 5.41 Å². The lowest BCUT2D eigenvalue weighted by atomic mass is 9.92. The molecule has 1 atom stereocenters. The van der Waals surface area contributed by atoms with E-state index in [4.69, 9.17) is 0 Å². The van der Waals surface area contributed by atoms with Gasteiger partial charge in [-0.3, -0.25) is 4.79 Å². The lowest BCUT2D eigenvalue weighted by Gasteiger charge is -2.23. The Hall–Kier alpha value is -0.330. The normalized spacial score (nSPS) is 23.0. The summed E-state index contributed by atoms with van der Waals surface area (Å²) in [5.74, 6) is 0.440. The molecule has 2 fully saturated rings. The molecule has 3 nitrogen and oxygen atoms in total. The number of hydrogen-bond acceptors (Lipinski definition) is 2. The van der Waals surface area contributed by atoms with Gasteiger partial charge in [0.25, 0.3) is 0 Å². The van der Waals surface area contributed by atoms with Gasteiger partial charge >= 0.3 is 0 Å². The van der Waals surface area contributed by atoms with Crippen LogP contribution < -0.4 is 10.6 Å². The quantitative estimate of drug-likeness (QED) is 0.740. The minimum atomic E-state index is 0. The molecule has 2 aliphatic rings. The highest BCUT2D eigenvalue weighted by Crippen LogP contribution is 2.58. The van der Waals surface area contributed by atoms with Gasteiger partial charge in [-0.1, -0.05) is 6.07 Å². The van der Waals surface area contributed by atoms with Gasteiger partial charge < -0.3 is 10.6 Å². The Morgan fingerprint density at radius 3 is 2.75 bits per heavy atom. The molecule has 5 heteroatoms. The number of hydrogen-bond donors (Lipinski definition) is 2. The zero-order valence-electron chi connectivity index (χ0n) is 11.5. The highest BCUT2D eigenvalue weighted by atomic mass is 127. The largest absolute Gasteiger partial charge is 0.326 e. The van der Waals surface area contributed by atoms with Crippen molar-refractivity contribution in [1.29, 1.82) is 0 Å². The number of aryl methyl sites for hydroxylation is 1. The highest BCUT2D eigenvalue weighted by Gasteiger charge is 2.57. The first-order chi connectivity index (χ1) is 9.11. The van der Waals surface area contributed by atoms with Crippen molar-refractivity contribution in [1.82, 2.24) is 5.32 Å². The molecule has 1 spiro atoms. The highest BCUT2D eigenvalue weighted by molar-refractivity contribution is 14.1. The second-order valence-electron chi connectivity index (χ2n) is 5.82. The third-order valence-electron chi connectivity index (χ3n) is 4.54. The molecule has 0 bridgehead atoms. The van der Waals surface area contributed by atoms with Crippen LogP contribution in [0.5, 0.6) is 0 Å².